The number of benzene rings is 3. The minimum atomic E-state index is -0.196. The van der Waals surface area contributed by atoms with E-state index in [9.17, 15) is 9.18 Å². The monoisotopic (exact) mass is 415 g/mol. The summed E-state index contributed by atoms with van der Waals surface area (Å²) >= 11 is 0. The molecule has 2 heterocycles. The zero-order valence-corrected chi connectivity index (χ0v) is 17.5. The molecule has 0 radical (unpaired) electrons. The van der Waals surface area contributed by atoms with Gasteiger partial charge in [0.15, 0.2) is 0 Å². The number of pyridine rings is 1. The van der Waals surface area contributed by atoms with Crippen molar-refractivity contribution in [1.29, 1.82) is 0 Å². The van der Waals surface area contributed by atoms with Crippen LogP contribution < -0.4 is 10.5 Å². The SMILES string of the molecule is O=c1c2ccccc2c2ccccc2n1CCCN1CCN(c2ccc(F)cc2)CC1. The van der Waals surface area contributed by atoms with E-state index in [0.29, 0.717) is 6.54 Å². The second kappa shape index (κ2) is 8.52. The van der Waals surface area contributed by atoms with Gasteiger partial charge in [0.2, 0.25) is 0 Å². The molecule has 158 valence electrons. The fourth-order valence-corrected chi connectivity index (χ4v) is 4.65. The summed E-state index contributed by atoms with van der Waals surface area (Å²) in [5, 5.41) is 2.94. The number of fused-ring (bicyclic) bond motifs is 3. The van der Waals surface area contributed by atoms with E-state index in [1.165, 1.54) is 12.1 Å². The van der Waals surface area contributed by atoms with Crippen molar-refractivity contribution in [1.82, 2.24) is 9.47 Å². The van der Waals surface area contributed by atoms with Crippen LogP contribution >= 0.6 is 0 Å². The van der Waals surface area contributed by atoms with E-state index in [2.05, 4.69) is 15.9 Å². The number of hydrogen-bond donors (Lipinski definition) is 0. The Bertz CT molecular complexity index is 1260. The second-order valence-electron chi connectivity index (χ2n) is 8.18. The third kappa shape index (κ3) is 3.93. The van der Waals surface area contributed by atoms with Crippen LogP contribution in [0, 0.1) is 5.82 Å². The van der Waals surface area contributed by atoms with Crippen LogP contribution in [0.2, 0.25) is 0 Å². The van der Waals surface area contributed by atoms with Gasteiger partial charge in [-0.05, 0) is 54.8 Å². The molecule has 0 aliphatic carbocycles. The highest BCUT2D eigenvalue weighted by Gasteiger charge is 2.17. The van der Waals surface area contributed by atoms with Gasteiger partial charge in [0.1, 0.15) is 5.82 Å². The largest absolute Gasteiger partial charge is 0.369 e. The molecule has 0 saturated carbocycles. The summed E-state index contributed by atoms with van der Waals surface area (Å²) in [5.41, 5.74) is 2.18. The Balaban J connectivity index is 1.26. The van der Waals surface area contributed by atoms with E-state index in [0.717, 1.165) is 66.5 Å². The molecule has 4 aromatic rings. The number of hydrogen-bond acceptors (Lipinski definition) is 3. The van der Waals surface area contributed by atoms with Crippen LogP contribution in [0.5, 0.6) is 0 Å². The Morgan fingerprint density at radius 1 is 0.710 bits per heavy atom. The van der Waals surface area contributed by atoms with Gasteiger partial charge in [-0.25, -0.2) is 4.39 Å². The highest BCUT2D eigenvalue weighted by Crippen LogP contribution is 2.23. The van der Waals surface area contributed by atoms with E-state index in [1.807, 2.05) is 59.2 Å². The molecule has 0 spiro atoms. The van der Waals surface area contributed by atoms with Crippen molar-refractivity contribution in [3.63, 3.8) is 0 Å². The van der Waals surface area contributed by atoms with Crippen molar-refractivity contribution < 1.29 is 4.39 Å². The topological polar surface area (TPSA) is 28.5 Å². The zero-order valence-electron chi connectivity index (χ0n) is 17.5. The number of nitrogens with zero attached hydrogens (tertiary/aromatic N) is 3. The molecule has 4 nitrogen and oxygen atoms in total. The molecule has 3 aromatic carbocycles. The summed E-state index contributed by atoms with van der Waals surface area (Å²) in [6, 6.07) is 22.8. The minimum absolute atomic E-state index is 0.0930. The molecule has 1 aliphatic heterocycles. The van der Waals surface area contributed by atoms with E-state index < -0.39 is 0 Å². The molecule has 1 saturated heterocycles. The van der Waals surface area contributed by atoms with Gasteiger partial charge in [0, 0.05) is 49.2 Å². The number of rotatable bonds is 5. The molecule has 0 amide bonds. The third-order valence-electron chi connectivity index (χ3n) is 6.31. The van der Waals surface area contributed by atoms with Gasteiger partial charge >= 0.3 is 0 Å². The van der Waals surface area contributed by atoms with Crippen LogP contribution in [0.3, 0.4) is 0 Å². The first kappa shape index (κ1) is 19.8. The van der Waals surface area contributed by atoms with E-state index in [1.54, 1.807) is 0 Å². The molecule has 1 fully saturated rings. The number of anilines is 1. The number of piperazine rings is 1. The van der Waals surface area contributed by atoms with Crippen molar-refractivity contribution in [2.45, 2.75) is 13.0 Å². The van der Waals surface area contributed by atoms with Crippen LogP contribution in [0.25, 0.3) is 21.7 Å². The molecule has 5 rings (SSSR count). The molecule has 31 heavy (non-hydrogen) atoms. The average molecular weight is 416 g/mol. The Kier molecular flexibility index (Phi) is 5.43. The molecule has 1 aliphatic rings. The quantitative estimate of drug-likeness (QED) is 0.449. The lowest BCUT2D eigenvalue weighted by Crippen LogP contribution is -2.46. The molecule has 0 N–H and O–H groups in total. The van der Waals surface area contributed by atoms with E-state index in [4.69, 9.17) is 0 Å². The van der Waals surface area contributed by atoms with Gasteiger partial charge in [-0.1, -0.05) is 36.4 Å². The van der Waals surface area contributed by atoms with E-state index in [-0.39, 0.29) is 11.4 Å². The lowest BCUT2D eigenvalue weighted by atomic mass is 10.1. The lowest BCUT2D eigenvalue weighted by Gasteiger charge is -2.36. The average Bonchev–Trinajstić information content (AvgIpc) is 2.82. The van der Waals surface area contributed by atoms with Crippen molar-refractivity contribution in [3.8, 4) is 0 Å². The Morgan fingerprint density at radius 2 is 1.35 bits per heavy atom. The summed E-state index contributed by atoms with van der Waals surface area (Å²) in [6.45, 7) is 5.50. The van der Waals surface area contributed by atoms with Crippen molar-refractivity contribution in [2.24, 2.45) is 0 Å². The molecular formula is C26H26FN3O. The highest BCUT2D eigenvalue weighted by atomic mass is 19.1. The number of para-hydroxylation sites is 1. The van der Waals surface area contributed by atoms with Gasteiger partial charge < -0.3 is 9.47 Å². The number of aromatic nitrogens is 1. The summed E-state index contributed by atoms with van der Waals surface area (Å²) in [4.78, 5) is 17.9. The predicted octanol–water partition coefficient (Wildman–Crippen LogP) is 4.51. The summed E-state index contributed by atoms with van der Waals surface area (Å²) in [6.07, 6.45) is 0.929. The summed E-state index contributed by atoms with van der Waals surface area (Å²) in [7, 11) is 0. The first-order chi connectivity index (χ1) is 15.2. The van der Waals surface area contributed by atoms with Crippen LogP contribution in [-0.4, -0.2) is 42.2 Å². The van der Waals surface area contributed by atoms with Crippen molar-refractivity contribution in [3.05, 3.63) is 89.0 Å². The van der Waals surface area contributed by atoms with Crippen LogP contribution in [0.4, 0.5) is 10.1 Å². The van der Waals surface area contributed by atoms with Crippen molar-refractivity contribution in [2.75, 3.05) is 37.6 Å². The third-order valence-corrected chi connectivity index (χ3v) is 6.31. The van der Waals surface area contributed by atoms with Gasteiger partial charge in [-0.3, -0.25) is 9.69 Å². The number of halogens is 1. The highest BCUT2D eigenvalue weighted by molar-refractivity contribution is 6.05. The van der Waals surface area contributed by atoms with Gasteiger partial charge in [-0.2, -0.15) is 0 Å². The lowest BCUT2D eigenvalue weighted by molar-refractivity contribution is 0.250. The zero-order chi connectivity index (χ0) is 21.2. The fraction of sp³-hybridized carbons (Fsp3) is 0.269. The van der Waals surface area contributed by atoms with Crippen LogP contribution in [0.1, 0.15) is 6.42 Å². The van der Waals surface area contributed by atoms with Crippen molar-refractivity contribution >= 4 is 27.4 Å². The molecule has 0 bridgehead atoms. The van der Waals surface area contributed by atoms with E-state index >= 15 is 0 Å². The minimum Gasteiger partial charge on any atom is -0.369 e. The Hall–Kier alpha value is -3.18. The fourth-order valence-electron chi connectivity index (χ4n) is 4.65. The first-order valence-corrected chi connectivity index (χ1v) is 10.9. The summed E-state index contributed by atoms with van der Waals surface area (Å²) < 4.78 is 15.1. The Morgan fingerprint density at radius 3 is 2.10 bits per heavy atom. The summed E-state index contributed by atoms with van der Waals surface area (Å²) in [5.74, 6) is -0.196. The maximum Gasteiger partial charge on any atom is 0.258 e. The second-order valence-corrected chi connectivity index (χ2v) is 8.18. The maximum absolute atomic E-state index is 13.2. The maximum atomic E-state index is 13.2. The number of aryl methyl sites for hydroxylation is 1. The van der Waals surface area contributed by atoms with Gasteiger partial charge in [0.25, 0.3) is 5.56 Å². The molecule has 0 atom stereocenters. The first-order valence-electron chi connectivity index (χ1n) is 10.9. The molecular weight excluding hydrogens is 389 g/mol. The van der Waals surface area contributed by atoms with Gasteiger partial charge in [-0.15, -0.1) is 0 Å². The molecule has 5 heteroatoms. The molecule has 1 aromatic heterocycles. The normalized spacial score (nSPS) is 15.1. The van der Waals surface area contributed by atoms with Crippen LogP contribution in [0.15, 0.2) is 77.6 Å². The van der Waals surface area contributed by atoms with Crippen LogP contribution in [-0.2, 0) is 6.54 Å². The van der Waals surface area contributed by atoms with Gasteiger partial charge in [0.05, 0.1) is 5.52 Å². The predicted molar refractivity (Wildman–Crippen MR) is 125 cm³/mol. The molecule has 0 unspecified atom stereocenters. The standard InChI is InChI=1S/C26H26FN3O/c27-20-10-12-21(13-11-20)29-18-16-28(17-19-29)14-5-15-30-25-9-4-3-7-23(25)22-6-1-2-8-24(22)26(30)31/h1-4,6-13H,5,14-19H2. The Labute approximate surface area is 181 Å². The smallest absolute Gasteiger partial charge is 0.258 e.